The molecule has 0 saturated heterocycles. The molecule has 4 rings (SSSR count). The Hall–Kier alpha value is -2.92. The molecule has 0 amide bonds. The minimum atomic E-state index is 0.827. The summed E-state index contributed by atoms with van der Waals surface area (Å²) in [5.41, 5.74) is 3.86. The van der Waals surface area contributed by atoms with Crippen LogP contribution in [0.15, 0.2) is 66.2 Å². The highest BCUT2D eigenvalue weighted by Gasteiger charge is 2.08. The number of nitrogens with zero attached hydrogens (tertiary/aromatic N) is 2. The quantitative estimate of drug-likeness (QED) is 0.564. The molecule has 2 aromatic heterocycles. The SMILES string of the molecule is COc1cccc(-c2csc(Nc3cccc4cccnc34)n2)c1. The Labute approximate surface area is 143 Å². The number of nitrogens with one attached hydrogen (secondary N) is 1. The zero-order valence-electron chi connectivity index (χ0n) is 13.1. The minimum Gasteiger partial charge on any atom is -0.497 e. The lowest BCUT2D eigenvalue weighted by Gasteiger charge is -2.06. The Bertz CT molecular complexity index is 991. The number of benzene rings is 2. The second-order valence-electron chi connectivity index (χ2n) is 5.28. The van der Waals surface area contributed by atoms with Gasteiger partial charge < -0.3 is 10.1 Å². The number of hydrogen-bond donors (Lipinski definition) is 1. The van der Waals surface area contributed by atoms with Crippen molar-refractivity contribution in [3.05, 3.63) is 66.2 Å². The standard InChI is InChI=1S/C19H15N3OS/c1-23-15-8-2-6-14(11-15)17-12-24-19(22-17)21-16-9-3-5-13-7-4-10-20-18(13)16/h2-12H,1H3,(H,21,22). The largest absolute Gasteiger partial charge is 0.497 e. The van der Waals surface area contributed by atoms with Crippen LogP contribution in [0, 0.1) is 0 Å². The van der Waals surface area contributed by atoms with Crippen molar-refractivity contribution in [2.24, 2.45) is 0 Å². The molecule has 2 aromatic carbocycles. The van der Waals surface area contributed by atoms with Crippen LogP contribution in [0.3, 0.4) is 0 Å². The van der Waals surface area contributed by atoms with Crippen molar-refractivity contribution < 1.29 is 4.74 Å². The van der Waals surface area contributed by atoms with E-state index in [2.05, 4.69) is 27.4 Å². The van der Waals surface area contributed by atoms with Gasteiger partial charge in [-0.05, 0) is 24.3 Å². The summed E-state index contributed by atoms with van der Waals surface area (Å²) in [5.74, 6) is 0.827. The van der Waals surface area contributed by atoms with E-state index in [1.807, 2.05) is 47.8 Å². The molecule has 0 spiro atoms. The van der Waals surface area contributed by atoms with Gasteiger partial charge in [-0.25, -0.2) is 4.98 Å². The van der Waals surface area contributed by atoms with Gasteiger partial charge in [0.15, 0.2) is 5.13 Å². The number of aromatic nitrogens is 2. The van der Waals surface area contributed by atoms with Gasteiger partial charge in [-0.2, -0.15) is 0 Å². The highest BCUT2D eigenvalue weighted by Crippen LogP contribution is 2.30. The summed E-state index contributed by atoms with van der Waals surface area (Å²) in [7, 11) is 1.67. The summed E-state index contributed by atoms with van der Waals surface area (Å²) < 4.78 is 5.28. The maximum absolute atomic E-state index is 5.28. The van der Waals surface area contributed by atoms with E-state index in [-0.39, 0.29) is 0 Å². The monoisotopic (exact) mass is 333 g/mol. The molecule has 0 atom stereocenters. The second-order valence-corrected chi connectivity index (χ2v) is 6.13. The number of ether oxygens (including phenoxy) is 1. The molecular formula is C19H15N3OS. The number of methoxy groups -OCH3 is 1. The molecule has 0 aliphatic carbocycles. The van der Waals surface area contributed by atoms with Gasteiger partial charge in [0.05, 0.1) is 24.0 Å². The van der Waals surface area contributed by atoms with Crippen LogP contribution in [0.25, 0.3) is 22.2 Å². The fourth-order valence-electron chi connectivity index (χ4n) is 2.57. The average Bonchev–Trinajstić information content (AvgIpc) is 3.11. The van der Waals surface area contributed by atoms with Crippen molar-refractivity contribution in [1.29, 1.82) is 0 Å². The third kappa shape index (κ3) is 2.81. The van der Waals surface area contributed by atoms with Crippen LogP contribution in [0.1, 0.15) is 0 Å². The smallest absolute Gasteiger partial charge is 0.187 e. The van der Waals surface area contributed by atoms with Gasteiger partial charge in [-0.1, -0.05) is 30.3 Å². The number of fused-ring (bicyclic) bond motifs is 1. The molecule has 5 heteroatoms. The number of pyridine rings is 1. The fraction of sp³-hybridized carbons (Fsp3) is 0.0526. The van der Waals surface area contributed by atoms with Crippen molar-refractivity contribution in [1.82, 2.24) is 9.97 Å². The minimum absolute atomic E-state index is 0.827. The molecule has 0 aliphatic heterocycles. The second kappa shape index (κ2) is 6.29. The molecule has 0 fully saturated rings. The number of rotatable bonds is 4. The zero-order chi connectivity index (χ0) is 16.4. The van der Waals surface area contributed by atoms with Crippen LogP contribution >= 0.6 is 11.3 Å². The fourth-order valence-corrected chi connectivity index (χ4v) is 3.30. The van der Waals surface area contributed by atoms with E-state index >= 15 is 0 Å². The van der Waals surface area contributed by atoms with Crippen molar-refractivity contribution in [2.45, 2.75) is 0 Å². The predicted octanol–water partition coefficient (Wildman–Crippen LogP) is 5.11. The van der Waals surface area contributed by atoms with E-state index in [0.29, 0.717) is 0 Å². The van der Waals surface area contributed by atoms with Crippen LogP contribution in [-0.4, -0.2) is 17.1 Å². The molecular weight excluding hydrogens is 318 g/mol. The maximum Gasteiger partial charge on any atom is 0.187 e. The first-order valence-electron chi connectivity index (χ1n) is 7.54. The van der Waals surface area contributed by atoms with Gasteiger partial charge in [0.1, 0.15) is 5.75 Å². The van der Waals surface area contributed by atoms with E-state index in [4.69, 9.17) is 4.74 Å². The summed E-state index contributed by atoms with van der Waals surface area (Å²) in [5, 5.41) is 7.36. The lowest BCUT2D eigenvalue weighted by Crippen LogP contribution is -1.92. The summed E-state index contributed by atoms with van der Waals surface area (Å²) in [6.07, 6.45) is 1.80. The van der Waals surface area contributed by atoms with E-state index in [1.165, 1.54) is 0 Å². The lowest BCUT2D eigenvalue weighted by atomic mass is 10.2. The maximum atomic E-state index is 5.28. The molecule has 1 N–H and O–H groups in total. The summed E-state index contributed by atoms with van der Waals surface area (Å²) in [4.78, 5) is 9.14. The van der Waals surface area contributed by atoms with Crippen molar-refractivity contribution in [3.8, 4) is 17.0 Å². The first-order valence-corrected chi connectivity index (χ1v) is 8.42. The van der Waals surface area contributed by atoms with Crippen LogP contribution in [0.5, 0.6) is 5.75 Å². The van der Waals surface area contributed by atoms with Gasteiger partial charge in [0, 0.05) is 22.5 Å². The van der Waals surface area contributed by atoms with Crippen LogP contribution < -0.4 is 10.1 Å². The summed E-state index contributed by atoms with van der Waals surface area (Å²) in [6, 6.07) is 18.0. The van der Waals surface area contributed by atoms with Gasteiger partial charge in [0.25, 0.3) is 0 Å². The molecule has 0 unspecified atom stereocenters. The Kier molecular flexibility index (Phi) is 3.84. The van der Waals surface area contributed by atoms with Gasteiger partial charge in [0.2, 0.25) is 0 Å². The molecule has 0 bridgehead atoms. The molecule has 0 aliphatic rings. The molecule has 0 radical (unpaired) electrons. The van der Waals surface area contributed by atoms with Gasteiger partial charge in [-0.3, -0.25) is 4.98 Å². The average molecular weight is 333 g/mol. The van der Waals surface area contributed by atoms with Crippen LogP contribution in [0.4, 0.5) is 10.8 Å². The first kappa shape index (κ1) is 14.7. The lowest BCUT2D eigenvalue weighted by molar-refractivity contribution is 0.415. The van der Waals surface area contributed by atoms with Crippen LogP contribution in [0.2, 0.25) is 0 Å². The third-order valence-electron chi connectivity index (χ3n) is 3.74. The van der Waals surface area contributed by atoms with E-state index in [0.717, 1.165) is 38.7 Å². The summed E-state index contributed by atoms with van der Waals surface area (Å²) >= 11 is 1.57. The first-order chi connectivity index (χ1) is 11.8. The normalized spacial score (nSPS) is 10.7. The zero-order valence-corrected chi connectivity index (χ0v) is 13.9. The number of para-hydroxylation sites is 1. The van der Waals surface area contributed by atoms with Crippen molar-refractivity contribution in [3.63, 3.8) is 0 Å². The van der Waals surface area contributed by atoms with E-state index in [1.54, 1.807) is 24.6 Å². The number of hydrogen-bond acceptors (Lipinski definition) is 5. The predicted molar refractivity (Wildman–Crippen MR) is 99.1 cm³/mol. The van der Waals surface area contributed by atoms with Crippen LogP contribution in [-0.2, 0) is 0 Å². The van der Waals surface area contributed by atoms with Gasteiger partial charge in [-0.15, -0.1) is 11.3 Å². The Morgan fingerprint density at radius 1 is 1.04 bits per heavy atom. The van der Waals surface area contributed by atoms with Crippen molar-refractivity contribution >= 4 is 33.1 Å². The Morgan fingerprint density at radius 2 is 1.92 bits per heavy atom. The highest BCUT2D eigenvalue weighted by atomic mass is 32.1. The van der Waals surface area contributed by atoms with E-state index in [9.17, 15) is 0 Å². The topological polar surface area (TPSA) is 47.0 Å². The van der Waals surface area contributed by atoms with Gasteiger partial charge >= 0.3 is 0 Å². The third-order valence-corrected chi connectivity index (χ3v) is 4.50. The summed E-state index contributed by atoms with van der Waals surface area (Å²) in [6.45, 7) is 0. The molecule has 0 saturated carbocycles. The number of thiazole rings is 1. The highest BCUT2D eigenvalue weighted by molar-refractivity contribution is 7.14. The molecule has 2 heterocycles. The Morgan fingerprint density at radius 3 is 2.83 bits per heavy atom. The molecule has 4 aromatic rings. The van der Waals surface area contributed by atoms with Crippen molar-refractivity contribution in [2.75, 3.05) is 12.4 Å². The van der Waals surface area contributed by atoms with E-state index < -0.39 is 0 Å². The Balaban J connectivity index is 1.65. The molecule has 24 heavy (non-hydrogen) atoms. The number of anilines is 2. The molecule has 4 nitrogen and oxygen atoms in total. The molecule has 118 valence electrons.